The first-order valence-electron chi connectivity index (χ1n) is 14.4. The molecule has 0 atom stereocenters. The first-order chi connectivity index (χ1) is 16.5. The molecule has 0 saturated heterocycles. The lowest BCUT2D eigenvalue weighted by molar-refractivity contribution is -0.120. The number of unbranched alkanes of at least 4 members (excludes halogenated alkanes) is 20. The summed E-state index contributed by atoms with van der Waals surface area (Å²) in [6.45, 7) is 3.64. The minimum atomic E-state index is -0.629. The lowest BCUT2D eigenvalue weighted by Crippen LogP contribution is -2.22. The predicted molar refractivity (Wildman–Crippen MR) is 142 cm³/mol. The fraction of sp³-hybridized carbons (Fsp3) is 0.800. The number of ketones is 2. The Morgan fingerprint density at radius 1 is 0.471 bits per heavy atom. The van der Waals surface area contributed by atoms with Gasteiger partial charge in [-0.25, -0.2) is 0 Å². The summed E-state index contributed by atoms with van der Waals surface area (Å²) in [6, 6.07) is 0. The Labute approximate surface area is 209 Å². The smallest absolute Gasteiger partial charge is 0.227 e. The third-order valence-electron chi connectivity index (χ3n) is 7.22. The lowest BCUT2D eigenvalue weighted by atomic mass is 9.91. The summed E-state index contributed by atoms with van der Waals surface area (Å²) in [6.07, 6.45) is 28.0. The van der Waals surface area contributed by atoms with E-state index in [9.17, 15) is 19.8 Å². The quantitative estimate of drug-likeness (QED) is 0.120. The molecule has 1 aliphatic rings. The van der Waals surface area contributed by atoms with Crippen LogP contribution in [-0.2, 0) is 9.59 Å². The largest absolute Gasteiger partial charge is 0.504 e. The number of carbonyl (C=O) groups excluding carboxylic acids is 2. The molecule has 4 nitrogen and oxygen atoms in total. The van der Waals surface area contributed by atoms with Crippen LogP contribution in [0.25, 0.3) is 0 Å². The minimum absolute atomic E-state index is 0.0648. The number of hydrogen-bond donors (Lipinski definition) is 2. The number of carbonyl (C=O) groups is 2. The van der Waals surface area contributed by atoms with Crippen molar-refractivity contribution in [2.24, 2.45) is 0 Å². The van der Waals surface area contributed by atoms with Crippen LogP contribution >= 0.6 is 0 Å². The molecular weight excluding hydrogens is 424 g/mol. The Bertz CT molecular complexity index is 644. The van der Waals surface area contributed by atoms with Gasteiger partial charge in [0.2, 0.25) is 11.6 Å². The van der Waals surface area contributed by atoms with E-state index in [4.69, 9.17) is 0 Å². The molecule has 196 valence electrons. The van der Waals surface area contributed by atoms with Crippen LogP contribution in [0.4, 0.5) is 0 Å². The fourth-order valence-corrected chi connectivity index (χ4v) is 4.81. The highest BCUT2D eigenvalue weighted by Gasteiger charge is 2.31. The first-order valence-corrected chi connectivity index (χ1v) is 14.4. The first kappa shape index (κ1) is 30.5. The van der Waals surface area contributed by atoms with Gasteiger partial charge in [-0.2, -0.15) is 0 Å². The van der Waals surface area contributed by atoms with Gasteiger partial charge in [-0.15, -0.1) is 0 Å². The van der Waals surface area contributed by atoms with Gasteiger partial charge in [-0.1, -0.05) is 135 Å². The van der Waals surface area contributed by atoms with Crippen LogP contribution in [0.2, 0.25) is 0 Å². The van der Waals surface area contributed by atoms with E-state index in [1.54, 1.807) is 0 Å². The number of rotatable bonds is 22. The molecule has 0 aliphatic heterocycles. The van der Waals surface area contributed by atoms with Crippen molar-refractivity contribution in [3.05, 3.63) is 22.7 Å². The molecule has 0 unspecified atom stereocenters. The molecule has 0 aromatic heterocycles. The molecule has 1 rings (SSSR count). The van der Waals surface area contributed by atoms with Crippen LogP contribution in [0.3, 0.4) is 0 Å². The van der Waals surface area contributed by atoms with Gasteiger partial charge in [0.1, 0.15) is 0 Å². The van der Waals surface area contributed by atoms with Gasteiger partial charge in [-0.05, 0) is 19.8 Å². The van der Waals surface area contributed by atoms with Crippen LogP contribution in [0.5, 0.6) is 0 Å². The molecule has 0 aromatic carbocycles. The standard InChI is InChI=1S/C30H52O4/c1-3-4-5-6-7-8-9-10-11-12-13-14-15-16-17-18-19-20-21-22-23-24-26-29(33)27(31)25(2)28(32)30(26)34/h31,34H,3-24H2,1-2H3. The SMILES string of the molecule is CCCCCCCCCCCCCCCCCCCCCCCC1=C(O)C(=O)C(C)=C(O)C1=O. The molecule has 0 aromatic rings. The van der Waals surface area contributed by atoms with Gasteiger partial charge >= 0.3 is 0 Å². The minimum Gasteiger partial charge on any atom is -0.504 e. The molecule has 2 N–H and O–H groups in total. The zero-order valence-corrected chi connectivity index (χ0v) is 22.3. The molecule has 0 fully saturated rings. The van der Waals surface area contributed by atoms with Crippen molar-refractivity contribution < 1.29 is 19.8 Å². The number of Topliss-reactive ketones (excluding diaryl/α,β-unsaturated/α-hetero) is 2. The molecule has 0 amide bonds. The second-order valence-corrected chi connectivity index (χ2v) is 10.3. The van der Waals surface area contributed by atoms with E-state index in [0.717, 1.165) is 19.3 Å². The van der Waals surface area contributed by atoms with Gasteiger partial charge in [0.05, 0.1) is 0 Å². The second-order valence-electron chi connectivity index (χ2n) is 10.3. The Morgan fingerprint density at radius 3 is 1.15 bits per heavy atom. The van der Waals surface area contributed by atoms with E-state index >= 15 is 0 Å². The maximum atomic E-state index is 12.1. The summed E-state index contributed by atoms with van der Waals surface area (Å²) in [5.74, 6) is -2.21. The highest BCUT2D eigenvalue weighted by Crippen LogP contribution is 2.25. The topological polar surface area (TPSA) is 74.6 Å². The van der Waals surface area contributed by atoms with Crippen LogP contribution in [0.15, 0.2) is 22.7 Å². The molecule has 0 radical (unpaired) electrons. The Balaban J connectivity index is 1.84. The van der Waals surface area contributed by atoms with Gasteiger partial charge in [0.25, 0.3) is 0 Å². The highest BCUT2D eigenvalue weighted by atomic mass is 16.3. The maximum absolute atomic E-state index is 12.1. The van der Waals surface area contributed by atoms with E-state index in [1.165, 1.54) is 122 Å². The van der Waals surface area contributed by atoms with E-state index in [1.807, 2.05) is 0 Å². The van der Waals surface area contributed by atoms with Crippen molar-refractivity contribution in [1.29, 1.82) is 0 Å². The molecular formula is C30H52O4. The number of aliphatic hydroxyl groups excluding tert-OH is 2. The third-order valence-corrected chi connectivity index (χ3v) is 7.22. The zero-order chi connectivity index (χ0) is 25.0. The van der Waals surface area contributed by atoms with E-state index in [0.29, 0.717) is 6.42 Å². The Hall–Kier alpha value is -1.58. The summed E-state index contributed by atoms with van der Waals surface area (Å²) < 4.78 is 0. The van der Waals surface area contributed by atoms with Gasteiger partial charge < -0.3 is 10.2 Å². The second kappa shape index (κ2) is 19.7. The molecule has 0 heterocycles. The Morgan fingerprint density at radius 2 is 0.794 bits per heavy atom. The van der Waals surface area contributed by atoms with Crippen molar-refractivity contribution in [1.82, 2.24) is 0 Å². The van der Waals surface area contributed by atoms with Crippen molar-refractivity contribution in [3.8, 4) is 0 Å². The van der Waals surface area contributed by atoms with Crippen LogP contribution in [0.1, 0.15) is 155 Å². The molecule has 0 bridgehead atoms. The third kappa shape index (κ3) is 12.8. The lowest BCUT2D eigenvalue weighted by Gasteiger charge is -2.15. The number of hydrogen-bond acceptors (Lipinski definition) is 4. The Kier molecular flexibility index (Phi) is 17.6. The molecule has 1 aliphatic carbocycles. The van der Waals surface area contributed by atoms with Crippen LogP contribution in [0, 0.1) is 0 Å². The molecule has 4 heteroatoms. The van der Waals surface area contributed by atoms with E-state index in [-0.39, 0.29) is 11.1 Å². The summed E-state index contributed by atoms with van der Waals surface area (Å²) in [7, 11) is 0. The highest BCUT2D eigenvalue weighted by molar-refractivity contribution is 6.22. The number of aliphatic hydroxyl groups is 2. The van der Waals surface area contributed by atoms with Crippen LogP contribution in [-0.4, -0.2) is 21.8 Å². The number of allylic oxidation sites excluding steroid dienone is 2. The zero-order valence-electron chi connectivity index (χ0n) is 22.3. The average molecular weight is 477 g/mol. The molecule has 34 heavy (non-hydrogen) atoms. The van der Waals surface area contributed by atoms with Gasteiger partial charge in [0, 0.05) is 11.1 Å². The van der Waals surface area contributed by atoms with Gasteiger partial charge in [0.15, 0.2) is 11.5 Å². The molecule has 0 spiro atoms. The summed E-state index contributed by atoms with van der Waals surface area (Å²) in [5, 5.41) is 19.7. The normalized spacial score (nSPS) is 14.5. The van der Waals surface area contributed by atoms with Gasteiger partial charge in [-0.3, -0.25) is 9.59 Å². The summed E-state index contributed by atoms with van der Waals surface area (Å²) >= 11 is 0. The monoisotopic (exact) mass is 476 g/mol. The van der Waals surface area contributed by atoms with Crippen LogP contribution < -0.4 is 0 Å². The predicted octanol–water partition coefficient (Wildman–Crippen LogP) is 9.38. The average Bonchev–Trinajstić information content (AvgIpc) is 2.84. The summed E-state index contributed by atoms with van der Waals surface area (Å²) in [5.41, 5.74) is 0.0101. The van der Waals surface area contributed by atoms with Crippen molar-refractivity contribution >= 4 is 11.6 Å². The van der Waals surface area contributed by atoms with Crippen molar-refractivity contribution in [2.75, 3.05) is 0 Å². The van der Waals surface area contributed by atoms with E-state index in [2.05, 4.69) is 6.92 Å². The maximum Gasteiger partial charge on any atom is 0.227 e. The fourth-order valence-electron chi connectivity index (χ4n) is 4.81. The van der Waals surface area contributed by atoms with E-state index < -0.39 is 23.1 Å². The van der Waals surface area contributed by atoms with Crippen molar-refractivity contribution in [2.45, 2.75) is 155 Å². The van der Waals surface area contributed by atoms with Crippen molar-refractivity contribution in [3.63, 3.8) is 0 Å². The molecule has 0 saturated carbocycles. The summed E-state index contributed by atoms with van der Waals surface area (Å²) in [4.78, 5) is 23.9.